The number of anilines is 2. The van der Waals surface area contributed by atoms with Gasteiger partial charge in [0, 0.05) is 11.4 Å². The highest BCUT2D eigenvalue weighted by Crippen LogP contribution is 2.16. The molecule has 0 heterocycles. The van der Waals surface area contributed by atoms with Crippen molar-refractivity contribution in [1.82, 2.24) is 0 Å². The average molecular weight is 381 g/mol. The van der Waals surface area contributed by atoms with Crippen LogP contribution in [0.5, 0.6) is 0 Å². The van der Waals surface area contributed by atoms with Gasteiger partial charge in [-0.2, -0.15) is 0 Å². The summed E-state index contributed by atoms with van der Waals surface area (Å²) >= 11 is 0. The van der Waals surface area contributed by atoms with Gasteiger partial charge in [0.05, 0.1) is 0 Å². The number of nitrogens with one attached hydrogen (secondary N) is 2. The first-order valence-electron chi connectivity index (χ1n) is 9.39. The zero-order chi connectivity index (χ0) is 21.5. The fourth-order valence-electron chi connectivity index (χ4n) is 2.06. The maximum Gasteiger partial charge on any atom is 0.247 e. The van der Waals surface area contributed by atoms with Gasteiger partial charge in [0.1, 0.15) is 0 Å². The minimum atomic E-state index is -0.180. The highest BCUT2D eigenvalue weighted by atomic mass is 16.2. The van der Waals surface area contributed by atoms with Gasteiger partial charge in [0.2, 0.25) is 11.8 Å². The molecule has 0 aromatic heterocycles. The predicted molar refractivity (Wildman–Crippen MR) is 121 cm³/mol. The highest BCUT2D eigenvalue weighted by Gasteiger charge is 2.00. The number of carbonyl (C=O) groups excluding carboxylic acids is 2. The van der Waals surface area contributed by atoms with Gasteiger partial charge >= 0.3 is 0 Å². The van der Waals surface area contributed by atoms with Crippen LogP contribution in [0.3, 0.4) is 0 Å². The van der Waals surface area contributed by atoms with Crippen molar-refractivity contribution in [2.24, 2.45) is 0 Å². The molecule has 0 aliphatic carbocycles. The Morgan fingerprint density at radius 1 is 0.857 bits per heavy atom. The van der Waals surface area contributed by atoms with Crippen LogP contribution >= 0.6 is 0 Å². The second-order valence-electron chi connectivity index (χ2n) is 6.03. The van der Waals surface area contributed by atoms with Gasteiger partial charge in [-0.3, -0.25) is 9.59 Å². The summed E-state index contributed by atoms with van der Waals surface area (Å²) in [5.74, 6) is 0.155. The summed E-state index contributed by atoms with van der Waals surface area (Å²) in [5.41, 5.74) is 4.00. The summed E-state index contributed by atoms with van der Waals surface area (Å²) < 4.78 is 0. The van der Waals surface area contributed by atoms with Crippen LogP contribution in [0.25, 0.3) is 0 Å². The zero-order valence-corrected chi connectivity index (χ0v) is 17.6. The molecular weight excluding hydrogens is 348 g/mol. The summed E-state index contributed by atoms with van der Waals surface area (Å²) in [5, 5.41) is 5.38. The minimum absolute atomic E-state index is 0.178. The lowest BCUT2D eigenvalue weighted by Crippen LogP contribution is -2.07. The number of hydrogen-bond donors (Lipinski definition) is 2. The largest absolute Gasteiger partial charge is 0.323 e. The summed E-state index contributed by atoms with van der Waals surface area (Å²) in [4.78, 5) is 21.8. The molecule has 2 aromatic rings. The quantitative estimate of drug-likeness (QED) is 0.618. The van der Waals surface area contributed by atoms with Crippen molar-refractivity contribution in [3.8, 4) is 0 Å². The van der Waals surface area contributed by atoms with Gasteiger partial charge in [0.25, 0.3) is 0 Å². The fraction of sp³-hybridized carbons (Fsp3) is 0.250. The van der Waals surface area contributed by atoms with Crippen LogP contribution in [0.1, 0.15) is 44.7 Å². The van der Waals surface area contributed by atoms with E-state index in [1.165, 1.54) is 17.7 Å². The predicted octanol–water partition coefficient (Wildman–Crippen LogP) is 6.08. The Morgan fingerprint density at radius 3 is 1.79 bits per heavy atom. The molecule has 0 spiro atoms. The Balaban J connectivity index is 0.000000483. The van der Waals surface area contributed by atoms with Gasteiger partial charge in [0.15, 0.2) is 0 Å². The summed E-state index contributed by atoms with van der Waals surface area (Å²) in [6, 6.07) is 15.5. The third-order valence-electron chi connectivity index (χ3n) is 3.50. The maximum atomic E-state index is 11.0. The van der Waals surface area contributed by atoms with Gasteiger partial charge in [-0.15, -0.1) is 0 Å². The van der Waals surface area contributed by atoms with Crippen molar-refractivity contribution in [1.29, 1.82) is 0 Å². The van der Waals surface area contributed by atoms with Crippen molar-refractivity contribution in [3.05, 3.63) is 85.0 Å². The van der Waals surface area contributed by atoms with Gasteiger partial charge in [-0.05, 0) is 60.4 Å². The van der Waals surface area contributed by atoms with Crippen LogP contribution in [-0.2, 0) is 9.59 Å². The molecular formula is C24H32N2O2. The molecule has 2 amide bonds. The Hall–Kier alpha value is -3.14. The molecule has 0 saturated heterocycles. The molecule has 4 nitrogen and oxygen atoms in total. The second-order valence-corrected chi connectivity index (χ2v) is 6.03. The van der Waals surface area contributed by atoms with Gasteiger partial charge < -0.3 is 10.6 Å². The van der Waals surface area contributed by atoms with E-state index in [1.54, 1.807) is 0 Å². The lowest BCUT2D eigenvalue weighted by atomic mass is 10.0. The van der Waals surface area contributed by atoms with Gasteiger partial charge in [-0.25, -0.2) is 0 Å². The molecule has 0 atom stereocenters. The van der Waals surface area contributed by atoms with Crippen LogP contribution in [0.4, 0.5) is 11.4 Å². The van der Waals surface area contributed by atoms with Crippen molar-refractivity contribution in [2.45, 2.75) is 40.5 Å². The molecule has 0 bridgehead atoms. The topological polar surface area (TPSA) is 58.2 Å². The Bertz CT molecular complexity index is 762. The molecule has 4 heteroatoms. The van der Waals surface area contributed by atoms with E-state index in [0.29, 0.717) is 5.92 Å². The normalized spacial score (nSPS) is 9.07. The molecule has 0 radical (unpaired) electrons. The SMILES string of the molecule is C=CC(=O)Nc1ccc(C(C)C)cc1.C=CC(=O)Nc1cccc(C)c1.CC. The van der Waals surface area contributed by atoms with E-state index in [2.05, 4.69) is 37.6 Å². The maximum absolute atomic E-state index is 11.0. The lowest BCUT2D eigenvalue weighted by molar-refractivity contribution is -0.112. The number of aryl methyl sites for hydroxylation is 1. The summed E-state index contributed by atoms with van der Waals surface area (Å²) in [6.45, 7) is 17.0. The highest BCUT2D eigenvalue weighted by molar-refractivity contribution is 5.99. The number of rotatable bonds is 5. The molecule has 150 valence electrons. The summed E-state index contributed by atoms with van der Waals surface area (Å²) in [6.07, 6.45) is 2.51. The molecule has 2 N–H and O–H groups in total. The number of carbonyl (C=O) groups is 2. The third-order valence-corrected chi connectivity index (χ3v) is 3.50. The van der Waals surface area contributed by atoms with E-state index >= 15 is 0 Å². The van der Waals surface area contributed by atoms with E-state index in [9.17, 15) is 9.59 Å². The minimum Gasteiger partial charge on any atom is -0.323 e. The van der Waals surface area contributed by atoms with E-state index in [-0.39, 0.29) is 11.8 Å². The standard InChI is InChI=1S/C12H15NO.C10H11NO.C2H6/c1-4-12(14)13-11-7-5-10(6-8-11)9(2)3;1-3-10(12)11-9-6-4-5-8(2)7-9;1-2/h4-9H,1H2,2-3H3,(H,13,14);3-7H,1H2,2H3,(H,11,12);1-2H3. The van der Waals surface area contributed by atoms with E-state index in [0.717, 1.165) is 16.9 Å². The Kier molecular flexibility index (Phi) is 12.4. The smallest absolute Gasteiger partial charge is 0.247 e. The van der Waals surface area contributed by atoms with Crippen molar-refractivity contribution in [2.75, 3.05) is 10.6 Å². The molecule has 0 fully saturated rings. The second kappa shape index (κ2) is 14.0. The first-order chi connectivity index (χ1) is 13.3. The molecule has 2 rings (SSSR count). The van der Waals surface area contributed by atoms with Crippen molar-refractivity contribution in [3.63, 3.8) is 0 Å². The first kappa shape index (κ1) is 24.9. The van der Waals surface area contributed by atoms with E-state index in [4.69, 9.17) is 0 Å². The first-order valence-corrected chi connectivity index (χ1v) is 9.39. The number of hydrogen-bond acceptors (Lipinski definition) is 2. The van der Waals surface area contributed by atoms with Gasteiger partial charge in [-0.1, -0.05) is 65.1 Å². The van der Waals surface area contributed by atoms with E-state index in [1.807, 2.05) is 69.3 Å². The molecule has 28 heavy (non-hydrogen) atoms. The van der Waals surface area contributed by atoms with Crippen LogP contribution in [0.15, 0.2) is 73.8 Å². The summed E-state index contributed by atoms with van der Waals surface area (Å²) in [7, 11) is 0. The van der Waals surface area contributed by atoms with Crippen LogP contribution < -0.4 is 10.6 Å². The lowest BCUT2D eigenvalue weighted by Gasteiger charge is -2.06. The van der Waals surface area contributed by atoms with Crippen molar-refractivity contribution < 1.29 is 9.59 Å². The third kappa shape index (κ3) is 10.1. The molecule has 0 aliphatic heterocycles. The average Bonchev–Trinajstić information content (AvgIpc) is 2.70. The van der Waals surface area contributed by atoms with Crippen LogP contribution in [0, 0.1) is 6.92 Å². The van der Waals surface area contributed by atoms with Crippen LogP contribution in [0.2, 0.25) is 0 Å². The molecule has 0 saturated carbocycles. The molecule has 2 aromatic carbocycles. The number of amides is 2. The zero-order valence-electron chi connectivity index (χ0n) is 17.6. The van der Waals surface area contributed by atoms with Crippen LogP contribution in [-0.4, -0.2) is 11.8 Å². The molecule has 0 unspecified atom stereocenters. The van der Waals surface area contributed by atoms with E-state index < -0.39 is 0 Å². The fourth-order valence-corrected chi connectivity index (χ4v) is 2.06. The monoisotopic (exact) mass is 380 g/mol. The van der Waals surface area contributed by atoms with Crippen molar-refractivity contribution >= 4 is 23.2 Å². The molecule has 0 aliphatic rings. The Labute approximate surface area is 169 Å². The Morgan fingerprint density at radius 2 is 1.36 bits per heavy atom. The number of benzene rings is 2.